The van der Waals surface area contributed by atoms with Crippen molar-refractivity contribution < 1.29 is 44.3 Å². The lowest BCUT2D eigenvalue weighted by Gasteiger charge is -2.09. The minimum atomic E-state index is -5.22. The lowest BCUT2D eigenvalue weighted by Crippen LogP contribution is -2.25. The molecule has 2 rings (SSSR count). The zero-order valence-corrected chi connectivity index (χ0v) is 16.2. The highest BCUT2D eigenvalue weighted by Gasteiger charge is 2.35. The summed E-state index contributed by atoms with van der Waals surface area (Å²) in [6, 6.07) is 9.25. The molecule has 2 aromatic carbocycles. The van der Waals surface area contributed by atoms with Crippen LogP contribution in [0.15, 0.2) is 48.5 Å². The van der Waals surface area contributed by atoms with Crippen LogP contribution in [-0.4, -0.2) is 28.8 Å². The summed E-state index contributed by atoms with van der Waals surface area (Å²) < 4.78 is 66.6. The first-order chi connectivity index (χ1) is 13.0. The highest BCUT2D eigenvalue weighted by Crippen LogP contribution is 2.24. The second kappa shape index (κ2) is 8.27. The Balaban J connectivity index is 2.12. The minimum absolute atomic E-state index is 0.115. The van der Waals surface area contributed by atoms with Crippen LogP contribution in [0, 0.1) is 0 Å². The Morgan fingerprint density at radius 2 is 0.821 bits per heavy atom. The molecular formula is C16H14O10S2. The Labute approximate surface area is 160 Å². The van der Waals surface area contributed by atoms with E-state index in [9.17, 15) is 26.4 Å². The molecule has 0 atom stereocenters. The molecule has 0 heterocycles. The number of esters is 2. The van der Waals surface area contributed by atoms with Crippen LogP contribution in [0.2, 0.25) is 0 Å². The van der Waals surface area contributed by atoms with Gasteiger partial charge < -0.3 is 17.8 Å². The van der Waals surface area contributed by atoms with Crippen LogP contribution in [-0.2, 0) is 27.9 Å². The first-order valence-corrected chi connectivity index (χ1v) is 10.8. The first kappa shape index (κ1) is 21.2. The maximum Gasteiger partial charge on any atom is 0.454 e. The van der Waals surface area contributed by atoms with Gasteiger partial charge in [-0.15, -0.1) is 0 Å². The molecule has 0 amide bonds. The molecule has 0 spiro atoms. The van der Waals surface area contributed by atoms with Crippen LogP contribution in [0.3, 0.4) is 0 Å². The van der Waals surface area contributed by atoms with Gasteiger partial charge in [0.25, 0.3) is 0 Å². The van der Waals surface area contributed by atoms with E-state index in [0.717, 1.165) is 24.3 Å². The predicted molar refractivity (Wildman–Crippen MR) is 94.6 cm³/mol. The average molecular weight is 430 g/mol. The van der Waals surface area contributed by atoms with E-state index in [1.54, 1.807) is 0 Å². The van der Waals surface area contributed by atoms with Crippen LogP contribution < -0.4 is 17.8 Å². The maximum absolute atomic E-state index is 12.0. The van der Waals surface area contributed by atoms with Crippen LogP contribution in [0.1, 0.15) is 13.8 Å². The molecule has 0 aliphatic rings. The quantitative estimate of drug-likeness (QED) is 0.361. The second-order valence-electron chi connectivity index (χ2n) is 5.11. The van der Waals surface area contributed by atoms with Gasteiger partial charge in [0, 0.05) is 13.8 Å². The molecule has 0 bridgehead atoms. The van der Waals surface area contributed by atoms with E-state index < -0.39 is 30.2 Å². The van der Waals surface area contributed by atoms with E-state index >= 15 is 0 Å². The van der Waals surface area contributed by atoms with Crippen LogP contribution in [0.5, 0.6) is 23.0 Å². The third-order valence-electron chi connectivity index (χ3n) is 2.82. The van der Waals surface area contributed by atoms with Crippen molar-refractivity contribution in [2.75, 3.05) is 0 Å². The Kier molecular flexibility index (Phi) is 6.26. The predicted octanol–water partition coefficient (Wildman–Crippen LogP) is 1.57. The monoisotopic (exact) mass is 430 g/mol. The molecule has 28 heavy (non-hydrogen) atoms. The van der Waals surface area contributed by atoms with Gasteiger partial charge in [0.1, 0.15) is 23.0 Å². The summed E-state index contributed by atoms with van der Waals surface area (Å²) in [6.45, 7) is 2.36. The summed E-state index contributed by atoms with van der Waals surface area (Å²) >= 11 is 0. The summed E-state index contributed by atoms with van der Waals surface area (Å²) in [5, 5.41) is 0. The van der Waals surface area contributed by atoms with Crippen LogP contribution in [0.4, 0.5) is 0 Å². The third kappa shape index (κ3) is 5.69. The molecule has 0 unspecified atom stereocenters. The maximum atomic E-state index is 12.0. The molecule has 0 radical (unpaired) electrons. The highest BCUT2D eigenvalue weighted by atomic mass is 33.2. The largest absolute Gasteiger partial charge is 0.454 e. The Hall–Kier alpha value is -3.12. The summed E-state index contributed by atoms with van der Waals surface area (Å²) in [4.78, 5) is 21.7. The van der Waals surface area contributed by atoms with Gasteiger partial charge in [0.05, 0.1) is 0 Å². The van der Waals surface area contributed by atoms with Gasteiger partial charge >= 0.3 is 30.2 Å². The molecule has 12 heteroatoms. The normalized spacial score (nSPS) is 11.4. The van der Waals surface area contributed by atoms with Crippen LogP contribution in [0.25, 0.3) is 0 Å². The van der Waals surface area contributed by atoms with Crippen molar-refractivity contribution in [3.63, 3.8) is 0 Å². The fourth-order valence-corrected chi connectivity index (χ4v) is 3.61. The van der Waals surface area contributed by atoms with E-state index in [4.69, 9.17) is 9.47 Å². The third-order valence-corrected chi connectivity index (χ3v) is 6.02. The van der Waals surface area contributed by atoms with Crippen molar-refractivity contribution in [1.82, 2.24) is 0 Å². The second-order valence-corrected chi connectivity index (χ2v) is 9.53. The number of carbonyl (C=O) groups is 2. The van der Waals surface area contributed by atoms with Crippen molar-refractivity contribution in [3.05, 3.63) is 48.5 Å². The van der Waals surface area contributed by atoms with Crippen molar-refractivity contribution in [1.29, 1.82) is 0 Å². The minimum Gasteiger partial charge on any atom is -0.427 e. The number of hydrogen-bond acceptors (Lipinski definition) is 10. The van der Waals surface area contributed by atoms with Crippen LogP contribution >= 0.6 is 0 Å². The van der Waals surface area contributed by atoms with E-state index in [1.807, 2.05) is 0 Å². The molecular weight excluding hydrogens is 416 g/mol. The van der Waals surface area contributed by atoms with Gasteiger partial charge in [-0.2, -0.15) is 16.8 Å². The van der Waals surface area contributed by atoms with Gasteiger partial charge in [-0.3, -0.25) is 9.59 Å². The summed E-state index contributed by atoms with van der Waals surface area (Å²) in [5.74, 6) is -1.62. The van der Waals surface area contributed by atoms with Crippen molar-refractivity contribution in [2.24, 2.45) is 0 Å². The zero-order chi connectivity index (χ0) is 20.9. The van der Waals surface area contributed by atoms with E-state index in [2.05, 4.69) is 8.37 Å². The van der Waals surface area contributed by atoms with E-state index in [0.29, 0.717) is 0 Å². The summed E-state index contributed by atoms with van der Waals surface area (Å²) in [6.07, 6.45) is 0. The van der Waals surface area contributed by atoms with Gasteiger partial charge in [-0.1, -0.05) is 0 Å². The Morgan fingerprint density at radius 1 is 0.571 bits per heavy atom. The molecule has 0 N–H and O–H groups in total. The molecule has 10 nitrogen and oxygen atoms in total. The molecule has 0 fully saturated rings. The topological polar surface area (TPSA) is 139 Å². The smallest absolute Gasteiger partial charge is 0.427 e. The van der Waals surface area contributed by atoms with E-state index in [-0.39, 0.29) is 23.0 Å². The molecule has 0 saturated carbocycles. The number of ether oxygens (including phenoxy) is 2. The Bertz CT molecular complexity index is 980. The van der Waals surface area contributed by atoms with Crippen molar-refractivity contribution in [2.45, 2.75) is 13.8 Å². The fourth-order valence-electron chi connectivity index (χ4n) is 1.78. The molecule has 150 valence electrons. The van der Waals surface area contributed by atoms with Crippen molar-refractivity contribution in [3.8, 4) is 23.0 Å². The molecule has 0 aliphatic carbocycles. The zero-order valence-electron chi connectivity index (χ0n) is 14.5. The molecule has 0 aliphatic heterocycles. The lowest BCUT2D eigenvalue weighted by molar-refractivity contribution is -0.132. The molecule has 0 saturated heterocycles. The summed E-state index contributed by atoms with van der Waals surface area (Å²) in [5.41, 5.74) is 0. The molecule has 0 aromatic heterocycles. The average Bonchev–Trinajstić information content (AvgIpc) is 2.57. The lowest BCUT2D eigenvalue weighted by atomic mass is 10.3. The highest BCUT2D eigenvalue weighted by molar-refractivity contribution is 8.63. The number of hydrogen-bond donors (Lipinski definition) is 0. The van der Waals surface area contributed by atoms with Gasteiger partial charge in [-0.25, -0.2) is 0 Å². The SMILES string of the molecule is CC(=O)Oc1ccc(OS(=O)(=O)S(=O)(=O)Oc2ccc(OC(C)=O)cc2)cc1. The molecule has 2 aromatic rings. The fraction of sp³-hybridized carbons (Fsp3) is 0.125. The summed E-state index contributed by atoms with van der Waals surface area (Å²) in [7, 11) is -10.4. The number of benzene rings is 2. The van der Waals surface area contributed by atoms with Gasteiger partial charge in [0.15, 0.2) is 0 Å². The standard InChI is InChI=1S/C16H14O10S2/c1-11(17)23-13-3-7-15(8-4-13)25-27(19,20)28(21,22)26-16-9-5-14(6-10-16)24-12(2)18/h3-10H,1-2H3. The van der Waals surface area contributed by atoms with E-state index in [1.165, 1.54) is 38.1 Å². The Morgan fingerprint density at radius 3 is 1.07 bits per heavy atom. The number of carbonyl (C=O) groups excluding carboxylic acids is 2. The van der Waals surface area contributed by atoms with Gasteiger partial charge in [-0.05, 0) is 48.5 Å². The number of rotatable bonds is 7. The first-order valence-electron chi connectivity index (χ1n) is 7.44. The van der Waals surface area contributed by atoms with Gasteiger partial charge in [0.2, 0.25) is 0 Å². The van der Waals surface area contributed by atoms with Crippen molar-refractivity contribution >= 4 is 30.2 Å².